The van der Waals surface area contributed by atoms with E-state index in [0.29, 0.717) is 5.92 Å². The van der Waals surface area contributed by atoms with Crippen molar-refractivity contribution in [1.82, 2.24) is 0 Å². The zero-order chi connectivity index (χ0) is 11.7. The molecule has 84 valence electrons. The Balaban J connectivity index is 2.19. The minimum absolute atomic E-state index is 0.589. The largest absolute Gasteiger partial charge is 0.298 e. The molecule has 2 aromatic rings. The first-order valence-corrected chi connectivity index (χ1v) is 6.03. The van der Waals surface area contributed by atoms with Crippen LogP contribution in [0.4, 0.5) is 0 Å². The van der Waals surface area contributed by atoms with Gasteiger partial charge < -0.3 is 0 Å². The van der Waals surface area contributed by atoms with Crippen LogP contribution in [-0.2, 0) is 0 Å². The maximum atomic E-state index is 11.1. The Morgan fingerprint density at radius 3 is 2.35 bits per heavy atom. The lowest BCUT2D eigenvalue weighted by molar-refractivity contribution is 0.112. The zero-order valence-corrected chi connectivity index (χ0v) is 9.60. The summed E-state index contributed by atoms with van der Waals surface area (Å²) in [5.41, 5.74) is 4.53. The van der Waals surface area contributed by atoms with Crippen molar-refractivity contribution in [1.29, 1.82) is 0 Å². The van der Waals surface area contributed by atoms with Gasteiger partial charge in [-0.05, 0) is 35.4 Å². The van der Waals surface area contributed by atoms with Crippen molar-refractivity contribution in [3.8, 4) is 11.1 Å². The maximum absolute atomic E-state index is 11.1. The van der Waals surface area contributed by atoms with Gasteiger partial charge in [0.2, 0.25) is 0 Å². The molecule has 0 N–H and O–H groups in total. The summed E-state index contributed by atoms with van der Waals surface area (Å²) in [6.45, 7) is 0. The normalized spacial score (nSPS) is 14.6. The summed E-state index contributed by atoms with van der Waals surface area (Å²) in [6.07, 6.45) is 3.41. The smallest absolute Gasteiger partial charge is 0.150 e. The van der Waals surface area contributed by atoms with Crippen LogP contribution in [-0.4, -0.2) is 6.29 Å². The van der Waals surface area contributed by atoms with Crippen molar-refractivity contribution >= 4 is 6.29 Å². The van der Waals surface area contributed by atoms with Gasteiger partial charge in [0.15, 0.2) is 0 Å². The zero-order valence-electron chi connectivity index (χ0n) is 9.60. The molecule has 0 heterocycles. The number of benzene rings is 2. The molecule has 0 atom stereocenters. The molecule has 2 aromatic carbocycles. The van der Waals surface area contributed by atoms with Gasteiger partial charge in [-0.25, -0.2) is 0 Å². The number of rotatable bonds is 3. The standard InChI is InChI=1S/C16H14O/c17-11-14-7-4-8-15(16(14)13-9-10-13)12-5-2-1-3-6-12/h1-8,11,13H,9-10H2. The summed E-state index contributed by atoms with van der Waals surface area (Å²) >= 11 is 0. The maximum Gasteiger partial charge on any atom is 0.150 e. The fourth-order valence-corrected chi connectivity index (χ4v) is 2.38. The summed E-state index contributed by atoms with van der Waals surface area (Å²) < 4.78 is 0. The summed E-state index contributed by atoms with van der Waals surface area (Å²) in [6, 6.07) is 16.3. The molecule has 0 unspecified atom stereocenters. The lowest BCUT2D eigenvalue weighted by atomic mass is 9.93. The van der Waals surface area contributed by atoms with Gasteiger partial charge in [0.05, 0.1) is 0 Å². The second kappa shape index (κ2) is 4.17. The molecule has 0 amide bonds. The Bertz CT molecular complexity index is 539. The molecule has 0 aliphatic heterocycles. The monoisotopic (exact) mass is 222 g/mol. The molecule has 0 aromatic heterocycles. The number of aldehydes is 1. The Morgan fingerprint density at radius 2 is 1.71 bits per heavy atom. The first-order chi connectivity index (χ1) is 8.40. The molecule has 1 nitrogen and oxygen atoms in total. The van der Waals surface area contributed by atoms with E-state index in [9.17, 15) is 4.79 Å². The Hall–Kier alpha value is -1.89. The Labute approximate surface area is 101 Å². The third-order valence-corrected chi connectivity index (χ3v) is 3.34. The van der Waals surface area contributed by atoms with E-state index in [2.05, 4.69) is 18.2 Å². The van der Waals surface area contributed by atoms with E-state index in [1.54, 1.807) is 0 Å². The van der Waals surface area contributed by atoms with Crippen molar-refractivity contribution in [3.05, 3.63) is 59.7 Å². The number of carbonyl (C=O) groups excluding carboxylic acids is 1. The molecule has 0 radical (unpaired) electrons. The van der Waals surface area contributed by atoms with Gasteiger partial charge in [0, 0.05) is 5.56 Å². The third kappa shape index (κ3) is 1.89. The van der Waals surface area contributed by atoms with Crippen LogP contribution >= 0.6 is 0 Å². The Morgan fingerprint density at radius 1 is 0.941 bits per heavy atom. The molecule has 1 aliphatic rings. The number of hydrogen-bond donors (Lipinski definition) is 0. The lowest BCUT2D eigenvalue weighted by Crippen LogP contribution is -1.94. The Kier molecular flexibility index (Phi) is 2.52. The highest BCUT2D eigenvalue weighted by Crippen LogP contribution is 2.45. The van der Waals surface area contributed by atoms with Crippen LogP contribution in [0.3, 0.4) is 0 Å². The van der Waals surface area contributed by atoms with Crippen LogP contribution in [0.15, 0.2) is 48.5 Å². The molecule has 0 spiro atoms. The summed E-state index contributed by atoms with van der Waals surface area (Å²) in [5, 5.41) is 0. The molecule has 1 fully saturated rings. The highest BCUT2D eigenvalue weighted by molar-refractivity contribution is 5.84. The van der Waals surface area contributed by atoms with Crippen LogP contribution in [0.25, 0.3) is 11.1 Å². The van der Waals surface area contributed by atoms with E-state index in [1.165, 1.54) is 29.5 Å². The van der Waals surface area contributed by atoms with E-state index in [4.69, 9.17) is 0 Å². The minimum atomic E-state index is 0.589. The predicted octanol–water partition coefficient (Wildman–Crippen LogP) is 4.04. The van der Waals surface area contributed by atoms with Gasteiger partial charge in [-0.3, -0.25) is 4.79 Å². The number of hydrogen-bond acceptors (Lipinski definition) is 1. The summed E-state index contributed by atoms with van der Waals surface area (Å²) in [5.74, 6) is 0.589. The van der Waals surface area contributed by atoms with Crippen LogP contribution in [0.1, 0.15) is 34.7 Å². The van der Waals surface area contributed by atoms with Crippen LogP contribution in [0, 0.1) is 0 Å². The molecule has 1 aliphatic carbocycles. The van der Waals surface area contributed by atoms with E-state index in [-0.39, 0.29) is 0 Å². The third-order valence-electron chi connectivity index (χ3n) is 3.34. The molecular formula is C16H14O. The first-order valence-electron chi connectivity index (χ1n) is 6.03. The van der Waals surface area contributed by atoms with Crippen molar-refractivity contribution in [3.63, 3.8) is 0 Å². The second-order valence-corrected chi connectivity index (χ2v) is 4.57. The van der Waals surface area contributed by atoms with Gasteiger partial charge in [-0.2, -0.15) is 0 Å². The van der Waals surface area contributed by atoms with Crippen LogP contribution in [0.2, 0.25) is 0 Å². The summed E-state index contributed by atoms with van der Waals surface area (Å²) in [7, 11) is 0. The molecule has 0 bridgehead atoms. The molecule has 1 saturated carbocycles. The van der Waals surface area contributed by atoms with E-state index >= 15 is 0 Å². The lowest BCUT2D eigenvalue weighted by Gasteiger charge is -2.11. The topological polar surface area (TPSA) is 17.1 Å². The van der Waals surface area contributed by atoms with Crippen molar-refractivity contribution in [2.45, 2.75) is 18.8 Å². The van der Waals surface area contributed by atoms with Gasteiger partial charge in [0.25, 0.3) is 0 Å². The van der Waals surface area contributed by atoms with E-state index in [1.807, 2.05) is 30.3 Å². The van der Waals surface area contributed by atoms with Crippen LogP contribution < -0.4 is 0 Å². The quantitative estimate of drug-likeness (QED) is 0.716. The molecule has 1 heteroatoms. The highest BCUT2D eigenvalue weighted by atomic mass is 16.1. The fourth-order valence-electron chi connectivity index (χ4n) is 2.38. The summed E-state index contributed by atoms with van der Waals surface area (Å²) in [4.78, 5) is 11.1. The van der Waals surface area contributed by atoms with E-state index in [0.717, 1.165) is 11.8 Å². The average Bonchev–Trinajstić information content (AvgIpc) is 3.23. The SMILES string of the molecule is O=Cc1cccc(-c2ccccc2)c1C1CC1. The first kappa shape index (κ1) is 10.3. The van der Waals surface area contributed by atoms with Gasteiger partial charge in [-0.15, -0.1) is 0 Å². The number of carbonyl (C=O) groups is 1. The van der Waals surface area contributed by atoms with Gasteiger partial charge in [0.1, 0.15) is 6.29 Å². The average molecular weight is 222 g/mol. The minimum Gasteiger partial charge on any atom is -0.298 e. The molecular weight excluding hydrogens is 208 g/mol. The van der Waals surface area contributed by atoms with Crippen molar-refractivity contribution in [2.75, 3.05) is 0 Å². The molecule has 3 rings (SSSR count). The molecule has 17 heavy (non-hydrogen) atoms. The van der Waals surface area contributed by atoms with Crippen molar-refractivity contribution < 1.29 is 4.79 Å². The van der Waals surface area contributed by atoms with Crippen molar-refractivity contribution in [2.24, 2.45) is 0 Å². The highest BCUT2D eigenvalue weighted by Gasteiger charge is 2.28. The van der Waals surface area contributed by atoms with Gasteiger partial charge >= 0.3 is 0 Å². The second-order valence-electron chi connectivity index (χ2n) is 4.57. The predicted molar refractivity (Wildman–Crippen MR) is 69.2 cm³/mol. The fraction of sp³-hybridized carbons (Fsp3) is 0.188. The molecule has 0 saturated heterocycles. The van der Waals surface area contributed by atoms with Crippen LogP contribution in [0.5, 0.6) is 0 Å². The van der Waals surface area contributed by atoms with Gasteiger partial charge in [-0.1, -0.05) is 48.5 Å². The van der Waals surface area contributed by atoms with E-state index < -0.39 is 0 Å².